The smallest absolute Gasteiger partial charge is 0.263 e. The van der Waals surface area contributed by atoms with Gasteiger partial charge in [-0.1, -0.05) is 6.92 Å². The van der Waals surface area contributed by atoms with Crippen molar-refractivity contribution in [2.24, 2.45) is 0 Å². The molecule has 1 rings (SSSR count). The third-order valence-electron chi connectivity index (χ3n) is 1.46. The Labute approximate surface area is 70.5 Å². The number of aromatic nitrogens is 1. The molecule has 0 N–H and O–H groups in total. The third-order valence-corrected chi connectivity index (χ3v) is 2.25. The molecule has 0 aliphatic rings. The van der Waals surface area contributed by atoms with Gasteiger partial charge in [0, 0.05) is 12.4 Å². The van der Waals surface area contributed by atoms with Crippen LogP contribution < -0.4 is 0 Å². The maximum atomic E-state index is 12.4. The van der Waals surface area contributed by atoms with Crippen LogP contribution in [0.15, 0.2) is 23.4 Å². The van der Waals surface area contributed by atoms with Gasteiger partial charge in [-0.05, 0) is 18.1 Å². The first-order valence-corrected chi connectivity index (χ1v) is 4.81. The topological polar surface area (TPSA) is 47.0 Å². The minimum absolute atomic E-state index is 0.373. The molecule has 1 aromatic rings. The lowest BCUT2D eigenvalue weighted by atomic mass is 10.2. The standard InChI is InChI=1S/C7H8FNO2S/c1-2-6-3-7(5-9-4-6)12(8,10)11/h3-5H,2H2,1H3. The van der Waals surface area contributed by atoms with Crippen LogP contribution in [0.2, 0.25) is 0 Å². The summed E-state index contributed by atoms with van der Waals surface area (Å²) in [5.74, 6) is 0. The van der Waals surface area contributed by atoms with Gasteiger partial charge in [0.1, 0.15) is 4.90 Å². The van der Waals surface area contributed by atoms with Crippen molar-refractivity contribution in [1.29, 1.82) is 0 Å². The Kier molecular flexibility index (Phi) is 2.42. The molecule has 0 fully saturated rings. The fraction of sp³-hybridized carbons (Fsp3) is 0.286. The van der Waals surface area contributed by atoms with Gasteiger partial charge in [-0.25, -0.2) is 0 Å². The van der Waals surface area contributed by atoms with E-state index in [0.29, 0.717) is 12.0 Å². The van der Waals surface area contributed by atoms with Gasteiger partial charge >= 0.3 is 10.2 Å². The van der Waals surface area contributed by atoms with E-state index in [-0.39, 0.29) is 4.90 Å². The van der Waals surface area contributed by atoms with Gasteiger partial charge in [0.2, 0.25) is 0 Å². The van der Waals surface area contributed by atoms with Crippen molar-refractivity contribution in [3.63, 3.8) is 0 Å². The maximum absolute atomic E-state index is 12.4. The molecule has 0 saturated carbocycles. The van der Waals surface area contributed by atoms with Crippen molar-refractivity contribution in [2.45, 2.75) is 18.2 Å². The van der Waals surface area contributed by atoms with Crippen LogP contribution in [0.4, 0.5) is 3.89 Å². The Morgan fingerprint density at radius 2 is 2.17 bits per heavy atom. The monoisotopic (exact) mass is 189 g/mol. The first-order chi connectivity index (χ1) is 5.54. The first-order valence-electron chi connectivity index (χ1n) is 3.42. The molecule has 0 bridgehead atoms. The zero-order valence-corrected chi connectivity index (χ0v) is 7.31. The van der Waals surface area contributed by atoms with Gasteiger partial charge < -0.3 is 0 Å². The SMILES string of the molecule is CCc1cncc(S(=O)(=O)F)c1. The summed E-state index contributed by atoms with van der Waals surface area (Å²) in [7, 11) is -4.60. The van der Waals surface area contributed by atoms with E-state index in [0.717, 1.165) is 6.20 Å². The molecule has 0 amide bonds. The highest BCUT2D eigenvalue weighted by atomic mass is 32.3. The Balaban J connectivity index is 3.20. The summed E-state index contributed by atoms with van der Waals surface area (Å²) in [6, 6.07) is 1.28. The summed E-state index contributed by atoms with van der Waals surface area (Å²) < 4.78 is 33.2. The summed E-state index contributed by atoms with van der Waals surface area (Å²) in [5, 5.41) is 0. The van der Waals surface area contributed by atoms with Crippen molar-refractivity contribution in [2.75, 3.05) is 0 Å². The minimum Gasteiger partial charge on any atom is -0.263 e. The van der Waals surface area contributed by atoms with E-state index in [9.17, 15) is 12.3 Å². The number of pyridine rings is 1. The van der Waals surface area contributed by atoms with Crippen molar-refractivity contribution in [3.05, 3.63) is 24.0 Å². The van der Waals surface area contributed by atoms with E-state index in [1.807, 2.05) is 6.92 Å². The Morgan fingerprint density at radius 1 is 1.50 bits per heavy atom. The van der Waals surface area contributed by atoms with Crippen molar-refractivity contribution in [3.8, 4) is 0 Å². The third kappa shape index (κ3) is 2.01. The Bertz CT molecular complexity index is 375. The molecule has 66 valence electrons. The molecule has 1 aromatic heterocycles. The van der Waals surface area contributed by atoms with Gasteiger partial charge in [0.05, 0.1) is 0 Å². The van der Waals surface area contributed by atoms with Gasteiger partial charge in [-0.2, -0.15) is 8.42 Å². The highest BCUT2D eigenvalue weighted by molar-refractivity contribution is 7.86. The molecule has 12 heavy (non-hydrogen) atoms. The number of hydrogen-bond acceptors (Lipinski definition) is 3. The van der Waals surface area contributed by atoms with E-state index in [2.05, 4.69) is 4.98 Å². The highest BCUT2D eigenvalue weighted by Gasteiger charge is 2.11. The fourth-order valence-corrected chi connectivity index (χ4v) is 1.27. The van der Waals surface area contributed by atoms with E-state index in [4.69, 9.17) is 0 Å². The zero-order valence-electron chi connectivity index (χ0n) is 6.49. The molecule has 0 atom stereocenters. The second-order valence-corrected chi connectivity index (χ2v) is 3.67. The molecular weight excluding hydrogens is 181 g/mol. The summed E-state index contributed by atoms with van der Waals surface area (Å²) in [5.41, 5.74) is 0.703. The Morgan fingerprint density at radius 3 is 2.67 bits per heavy atom. The van der Waals surface area contributed by atoms with E-state index < -0.39 is 10.2 Å². The largest absolute Gasteiger partial charge is 0.333 e. The molecule has 1 heterocycles. The number of aryl methyl sites for hydroxylation is 1. The maximum Gasteiger partial charge on any atom is 0.333 e. The van der Waals surface area contributed by atoms with Crippen LogP contribution in [0.5, 0.6) is 0 Å². The molecule has 0 aliphatic heterocycles. The van der Waals surface area contributed by atoms with Crippen LogP contribution in [0, 0.1) is 0 Å². The predicted molar refractivity (Wildman–Crippen MR) is 41.9 cm³/mol. The average Bonchev–Trinajstić information content (AvgIpc) is 2.03. The Hall–Kier alpha value is -0.970. The molecule has 0 unspecified atom stereocenters. The second-order valence-electron chi connectivity index (χ2n) is 2.32. The van der Waals surface area contributed by atoms with Crippen LogP contribution in [-0.2, 0) is 16.6 Å². The number of halogens is 1. The van der Waals surface area contributed by atoms with Gasteiger partial charge in [0.15, 0.2) is 0 Å². The summed E-state index contributed by atoms with van der Waals surface area (Å²) >= 11 is 0. The first kappa shape index (κ1) is 9.12. The number of hydrogen-bond donors (Lipinski definition) is 0. The predicted octanol–water partition coefficient (Wildman–Crippen LogP) is 1.30. The van der Waals surface area contributed by atoms with Crippen LogP contribution in [0.1, 0.15) is 12.5 Å². The quantitative estimate of drug-likeness (QED) is 0.659. The molecule has 3 nitrogen and oxygen atoms in total. The van der Waals surface area contributed by atoms with Crippen LogP contribution in [0.3, 0.4) is 0 Å². The molecule has 0 radical (unpaired) electrons. The highest BCUT2D eigenvalue weighted by Crippen LogP contribution is 2.12. The number of nitrogens with zero attached hydrogens (tertiary/aromatic N) is 1. The van der Waals surface area contributed by atoms with Crippen molar-refractivity contribution >= 4 is 10.2 Å². The molecule has 0 aromatic carbocycles. The summed E-state index contributed by atoms with van der Waals surface area (Å²) in [4.78, 5) is 3.23. The normalized spacial score (nSPS) is 11.5. The molecule has 0 spiro atoms. The summed E-state index contributed by atoms with van der Waals surface area (Å²) in [6.45, 7) is 1.84. The van der Waals surface area contributed by atoms with Gasteiger partial charge in [-0.15, -0.1) is 3.89 Å². The van der Waals surface area contributed by atoms with E-state index in [1.165, 1.54) is 12.3 Å². The van der Waals surface area contributed by atoms with Crippen molar-refractivity contribution in [1.82, 2.24) is 4.98 Å². The lowest BCUT2D eigenvalue weighted by molar-refractivity contribution is 0.551. The lowest BCUT2D eigenvalue weighted by Crippen LogP contribution is -1.94. The van der Waals surface area contributed by atoms with Crippen molar-refractivity contribution < 1.29 is 12.3 Å². The second kappa shape index (κ2) is 3.18. The molecule has 5 heteroatoms. The van der Waals surface area contributed by atoms with Gasteiger partial charge in [-0.3, -0.25) is 4.98 Å². The summed E-state index contributed by atoms with van der Waals surface area (Å²) in [6.07, 6.45) is 3.14. The fourth-order valence-electron chi connectivity index (χ4n) is 0.790. The molecule has 0 saturated heterocycles. The number of rotatable bonds is 2. The van der Waals surface area contributed by atoms with E-state index in [1.54, 1.807) is 0 Å². The zero-order chi connectivity index (χ0) is 9.19. The van der Waals surface area contributed by atoms with Crippen LogP contribution >= 0.6 is 0 Å². The lowest BCUT2D eigenvalue weighted by Gasteiger charge is -1.96. The van der Waals surface area contributed by atoms with Gasteiger partial charge in [0.25, 0.3) is 0 Å². The molecule has 0 aliphatic carbocycles. The average molecular weight is 189 g/mol. The van der Waals surface area contributed by atoms with E-state index >= 15 is 0 Å². The molecular formula is C7H8FNO2S. The minimum atomic E-state index is -4.60. The van der Waals surface area contributed by atoms with Crippen LogP contribution in [0.25, 0.3) is 0 Å². The van der Waals surface area contributed by atoms with Crippen LogP contribution in [-0.4, -0.2) is 13.4 Å².